The number of halogens is 1. The summed E-state index contributed by atoms with van der Waals surface area (Å²) in [6.07, 6.45) is 0. The molecule has 2 rings (SSSR count). The Hall–Kier alpha value is -1.34. The molecule has 0 aliphatic carbocycles. The number of nitrogens with zero attached hydrogens (tertiary/aromatic N) is 2. The molecule has 7 heteroatoms. The Morgan fingerprint density at radius 2 is 2.30 bits per heavy atom. The van der Waals surface area contributed by atoms with Crippen LogP contribution in [-0.4, -0.2) is 27.9 Å². The first-order valence-corrected chi connectivity index (χ1v) is 7.81. The molecule has 5 nitrogen and oxygen atoms in total. The van der Waals surface area contributed by atoms with Gasteiger partial charge in [-0.1, -0.05) is 33.8 Å². The highest BCUT2D eigenvalue weighted by Crippen LogP contribution is 2.27. The monoisotopic (exact) mass is 355 g/mol. The quantitative estimate of drug-likeness (QED) is 0.834. The summed E-state index contributed by atoms with van der Waals surface area (Å²) in [6, 6.07) is 7.61. The van der Waals surface area contributed by atoms with Crippen LogP contribution in [0.2, 0.25) is 0 Å². The molecule has 0 saturated carbocycles. The van der Waals surface area contributed by atoms with Crippen molar-refractivity contribution in [2.45, 2.75) is 24.3 Å². The average molecular weight is 356 g/mol. The first-order chi connectivity index (χ1) is 9.60. The van der Waals surface area contributed by atoms with Crippen molar-refractivity contribution >= 4 is 33.6 Å². The molecule has 0 bridgehead atoms. The minimum atomic E-state index is -0.272. The maximum Gasteiger partial charge on any atom is 0.277 e. The number of amides is 1. The summed E-state index contributed by atoms with van der Waals surface area (Å²) < 4.78 is 6.51. The summed E-state index contributed by atoms with van der Waals surface area (Å²) in [5.41, 5.74) is 0.837. The molecular weight excluding hydrogens is 342 g/mol. The van der Waals surface area contributed by atoms with Gasteiger partial charge in [0.05, 0.1) is 5.25 Å². The summed E-state index contributed by atoms with van der Waals surface area (Å²) in [5, 5.41) is 10.8. The zero-order valence-electron chi connectivity index (χ0n) is 11.1. The van der Waals surface area contributed by atoms with Crippen LogP contribution in [0.15, 0.2) is 38.4 Å². The molecule has 0 unspecified atom stereocenters. The van der Waals surface area contributed by atoms with E-state index in [1.807, 2.05) is 31.2 Å². The smallest absolute Gasteiger partial charge is 0.277 e. The second-order valence-electron chi connectivity index (χ2n) is 4.04. The molecule has 0 spiro atoms. The topological polar surface area (TPSA) is 68.0 Å². The van der Waals surface area contributed by atoms with Crippen molar-refractivity contribution in [2.75, 3.05) is 6.54 Å². The molecule has 2 aromatic rings. The number of aromatic nitrogens is 2. The number of thioether (sulfide) groups is 1. The average Bonchev–Trinajstić information content (AvgIpc) is 2.87. The van der Waals surface area contributed by atoms with E-state index in [-0.39, 0.29) is 11.2 Å². The number of benzene rings is 1. The van der Waals surface area contributed by atoms with Gasteiger partial charge < -0.3 is 9.73 Å². The highest BCUT2D eigenvalue weighted by atomic mass is 79.9. The Labute approximate surface area is 129 Å². The molecule has 0 aliphatic heterocycles. The Morgan fingerprint density at radius 3 is 3.00 bits per heavy atom. The van der Waals surface area contributed by atoms with Crippen molar-refractivity contribution in [3.63, 3.8) is 0 Å². The van der Waals surface area contributed by atoms with Crippen molar-refractivity contribution in [1.29, 1.82) is 0 Å². The third-order valence-electron chi connectivity index (χ3n) is 2.48. The fraction of sp³-hybridized carbons (Fsp3) is 0.308. The van der Waals surface area contributed by atoms with E-state index in [1.165, 1.54) is 11.8 Å². The summed E-state index contributed by atoms with van der Waals surface area (Å²) in [4.78, 5) is 11.6. The predicted octanol–water partition coefficient (Wildman–Crippen LogP) is 3.12. The van der Waals surface area contributed by atoms with E-state index >= 15 is 0 Å². The van der Waals surface area contributed by atoms with Crippen LogP contribution < -0.4 is 5.32 Å². The maximum absolute atomic E-state index is 11.6. The summed E-state index contributed by atoms with van der Waals surface area (Å²) in [5.74, 6) is 0.400. The van der Waals surface area contributed by atoms with Crippen LogP contribution in [0.5, 0.6) is 0 Å². The first kappa shape index (κ1) is 15.1. The van der Waals surface area contributed by atoms with Crippen LogP contribution in [0.3, 0.4) is 0 Å². The molecular formula is C13H14BrN3O2S. The Kier molecular flexibility index (Phi) is 5.19. The van der Waals surface area contributed by atoms with Gasteiger partial charge in [-0.3, -0.25) is 4.79 Å². The fourth-order valence-corrected chi connectivity index (χ4v) is 2.63. The van der Waals surface area contributed by atoms with Crippen LogP contribution in [0.1, 0.15) is 13.8 Å². The second kappa shape index (κ2) is 6.90. The van der Waals surface area contributed by atoms with E-state index in [1.54, 1.807) is 6.92 Å². The van der Waals surface area contributed by atoms with Crippen molar-refractivity contribution in [2.24, 2.45) is 0 Å². The molecule has 0 saturated heterocycles. The van der Waals surface area contributed by atoms with Crippen LogP contribution in [0, 0.1) is 0 Å². The molecule has 1 aromatic carbocycles. The molecule has 0 radical (unpaired) electrons. The zero-order valence-corrected chi connectivity index (χ0v) is 13.5. The number of rotatable bonds is 5. The van der Waals surface area contributed by atoms with E-state index in [4.69, 9.17) is 4.42 Å². The van der Waals surface area contributed by atoms with Gasteiger partial charge in [0.2, 0.25) is 11.8 Å². The van der Waals surface area contributed by atoms with Gasteiger partial charge in [0.1, 0.15) is 0 Å². The van der Waals surface area contributed by atoms with E-state index in [2.05, 4.69) is 31.4 Å². The maximum atomic E-state index is 11.6. The number of nitrogens with one attached hydrogen (secondary N) is 1. The van der Waals surface area contributed by atoms with Crippen LogP contribution in [-0.2, 0) is 4.79 Å². The standard InChI is InChI=1S/C13H14BrN3O2S/c1-3-15-11(18)8(2)20-13-17-16-12(19-13)9-5-4-6-10(14)7-9/h4-8H,3H2,1-2H3,(H,15,18)/t8-/m1/s1. The van der Waals surface area contributed by atoms with Gasteiger partial charge in [-0.15, -0.1) is 10.2 Å². The minimum Gasteiger partial charge on any atom is -0.411 e. The fourth-order valence-electron chi connectivity index (χ4n) is 1.52. The van der Waals surface area contributed by atoms with E-state index < -0.39 is 0 Å². The van der Waals surface area contributed by atoms with Gasteiger partial charge in [-0.05, 0) is 32.0 Å². The largest absolute Gasteiger partial charge is 0.411 e. The van der Waals surface area contributed by atoms with Gasteiger partial charge in [0, 0.05) is 16.6 Å². The molecule has 1 N–H and O–H groups in total. The lowest BCUT2D eigenvalue weighted by Crippen LogP contribution is -2.30. The minimum absolute atomic E-state index is 0.0419. The van der Waals surface area contributed by atoms with Crippen molar-refractivity contribution in [3.05, 3.63) is 28.7 Å². The molecule has 1 heterocycles. The first-order valence-electron chi connectivity index (χ1n) is 6.14. The lowest BCUT2D eigenvalue weighted by atomic mass is 10.2. The number of hydrogen-bond donors (Lipinski definition) is 1. The Morgan fingerprint density at radius 1 is 1.50 bits per heavy atom. The predicted molar refractivity (Wildman–Crippen MR) is 81.4 cm³/mol. The highest BCUT2D eigenvalue weighted by Gasteiger charge is 2.18. The molecule has 1 atom stereocenters. The van der Waals surface area contributed by atoms with Crippen LogP contribution >= 0.6 is 27.7 Å². The van der Waals surface area contributed by atoms with E-state index in [0.29, 0.717) is 17.7 Å². The SMILES string of the molecule is CCNC(=O)[C@@H](C)Sc1nnc(-c2cccc(Br)c2)o1. The van der Waals surface area contributed by atoms with Crippen LogP contribution in [0.4, 0.5) is 0 Å². The summed E-state index contributed by atoms with van der Waals surface area (Å²) in [7, 11) is 0. The second-order valence-corrected chi connectivity index (χ2v) is 6.25. The molecule has 0 aliphatic rings. The lowest BCUT2D eigenvalue weighted by molar-refractivity contribution is -0.120. The van der Waals surface area contributed by atoms with E-state index in [9.17, 15) is 4.79 Å². The van der Waals surface area contributed by atoms with Gasteiger partial charge in [0.25, 0.3) is 5.22 Å². The molecule has 1 aromatic heterocycles. The highest BCUT2D eigenvalue weighted by molar-refractivity contribution is 9.10. The van der Waals surface area contributed by atoms with Gasteiger partial charge >= 0.3 is 0 Å². The normalized spacial score (nSPS) is 12.2. The number of hydrogen-bond acceptors (Lipinski definition) is 5. The van der Waals surface area contributed by atoms with Gasteiger partial charge in [-0.25, -0.2) is 0 Å². The Balaban J connectivity index is 2.08. The van der Waals surface area contributed by atoms with Gasteiger partial charge in [-0.2, -0.15) is 0 Å². The number of carbonyl (C=O) groups is 1. The summed E-state index contributed by atoms with van der Waals surface area (Å²) in [6.45, 7) is 4.29. The molecule has 20 heavy (non-hydrogen) atoms. The zero-order chi connectivity index (χ0) is 14.5. The lowest BCUT2D eigenvalue weighted by Gasteiger charge is -2.07. The van der Waals surface area contributed by atoms with Crippen LogP contribution in [0.25, 0.3) is 11.5 Å². The van der Waals surface area contributed by atoms with Crippen molar-refractivity contribution in [3.8, 4) is 11.5 Å². The van der Waals surface area contributed by atoms with E-state index in [0.717, 1.165) is 10.0 Å². The molecule has 1 amide bonds. The Bertz CT molecular complexity index is 603. The molecule has 0 fully saturated rings. The third-order valence-corrected chi connectivity index (χ3v) is 3.90. The van der Waals surface area contributed by atoms with Crippen molar-refractivity contribution < 1.29 is 9.21 Å². The number of carbonyl (C=O) groups excluding carboxylic acids is 1. The van der Waals surface area contributed by atoms with Gasteiger partial charge in [0.15, 0.2) is 0 Å². The summed E-state index contributed by atoms with van der Waals surface area (Å²) >= 11 is 4.64. The third kappa shape index (κ3) is 3.83. The molecule has 106 valence electrons. The van der Waals surface area contributed by atoms with Crippen molar-refractivity contribution in [1.82, 2.24) is 15.5 Å².